The maximum atomic E-state index is 13.6. The minimum absolute atomic E-state index is 0.274. The van der Waals surface area contributed by atoms with Gasteiger partial charge in [0.15, 0.2) is 5.82 Å². The molecule has 0 spiro atoms. The topological polar surface area (TPSA) is 87.9 Å². The fourth-order valence-corrected chi connectivity index (χ4v) is 2.95. The Labute approximate surface area is 162 Å². The fraction of sp³-hybridized carbons (Fsp3) is 0.188. The van der Waals surface area contributed by atoms with E-state index in [1.807, 2.05) is 0 Å². The minimum Gasteiger partial charge on any atom is -0.394 e. The van der Waals surface area contributed by atoms with Gasteiger partial charge in [0.05, 0.1) is 30.7 Å². The largest absolute Gasteiger partial charge is 0.394 e. The minimum atomic E-state index is -0.597. The lowest BCUT2D eigenvalue weighted by atomic mass is 10.1. The van der Waals surface area contributed by atoms with Gasteiger partial charge in [-0.3, -0.25) is 4.68 Å². The molecule has 0 amide bonds. The Bertz CT molecular complexity index is 901. The monoisotopic (exact) mass is 440 g/mol. The molecule has 136 valence electrons. The van der Waals surface area contributed by atoms with E-state index in [4.69, 9.17) is 11.6 Å². The number of nitrogens with zero attached hydrogens (tertiary/aromatic N) is 4. The van der Waals surface area contributed by atoms with Gasteiger partial charge in [0, 0.05) is 17.7 Å². The summed E-state index contributed by atoms with van der Waals surface area (Å²) in [7, 11) is 1.80. The molecule has 0 fully saturated rings. The van der Waals surface area contributed by atoms with Crippen LogP contribution in [-0.4, -0.2) is 31.5 Å². The predicted octanol–water partition coefficient (Wildman–Crippen LogP) is 3.65. The van der Waals surface area contributed by atoms with Crippen LogP contribution in [0, 0.1) is 5.82 Å². The van der Waals surface area contributed by atoms with E-state index in [0.717, 1.165) is 0 Å². The summed E-state index contributed by atoms with van der Waals surface area (Å²) in [5, 5.41) is 20.1. The molecule has 26 heavy (non-hydrogen) atoms. The SMILES string of the molecule is Cn1cc(Nc2ncc(Cl)c(NC(CO)c3cc(F)cc(Br)c3)n2)cn1. The number of hydrogen-bond acceptors (Lipinski definition) is 6. The quantitative estimate of drug-likeness (QED) is 0.541. The molecule has 0 saturated carbocycles. The van der Waals surface area contributed by atoms with Gasteiger partial charge >= 0.3 is 0 Å². The van der Waals surface area contributed by atoms with Crippen molar-refractivity contribution in [2.75, 3.05) is 17.2 Å². The van der Waals surface area contributed by atoms with Gasteiger partial charge in [-0.25, -0.2) is 9.37 Å². The first-order valence-electron chi connectivity index (χ1n) is 7.56. The molecule has 3 rings (SSSR count). The summed E-state index contributed by atoms with van der Waals surface area (Å²) in [5.74, 6) is 0.205. The highest BCUT2D eigenvalue weighted by Crippen LogP contribution is 2.27. The van der Waals surface area contributed by atoms with Crippen molar-refractivity contribution in [2.45, 2.75) is 6.04 Å². The van der Waals surface area contributed by atoms with Crippen LogP contribution in [0.5, 0.6) is 0 Å². The zero-order chi connectivity index (χ0) is 18.7. The Morgan fingerprint density at radius 3 is 2.81 bits per heavy atom. The molecule has 2 heterocycles. The number of anilines is 3. The van der Waals surface area contributed by atoms with Crippen LogP contribution in [0.4, 0.5) is 21.8 Å². The third-order valence-electron chi connectivity index (χ3n) is 3.49. The van der Waals surface area contributed by atoms with Gasteiger partial charge in [-0.15, -0.1) is 0 Å². The highest BCUT2D eigenvalue weighted by atomic mass is 79.9. The first-order chi connectivity index (χ1) is 12.4. The van der Waals surface area contributed by atoms with Crippen LogP contribution in [0.15, 0.2) is 41.3 Å². The molecule has 0 aliphatic carbocycles. The number of halogens is 3. The Hall–Kier alpha value is -2.23. The van der Waals surface area contributed by atoms with E-state index in [9.17, 15) is 9.50 Å². The van der Waals surface area contributed by atoms with Crippen molar-refractivity contribution < 1.29 is 9.50 Å². The van der Waals surface area contributed by atoms with E-state index >= 15 is 0 Å². The van der Waals surface area contributed by atoms with Crippen LogP contribution in [0.2, 0.25) is 5.02 Å². The van der Waals surface area contributed by atoms with Crippen LogP contribution >= 0.6 is 27.5 Å². The number of rotatable bonds is 6. The second kappa shape index (κ2) is 7.98. The molecule has 0 aliphatic rings. The standard InChI is InChI=1S/C16H15BrClFN6O/c1-25-7-12(5-21-25)22-16-20-6-13(18)15(24-16)23-14(8-26)9-2-10(17)4-11(19)3-9/h2-7,14,26H,8H2,1H3,(H2,20,22,23,24). The van der Waals surface area contributed by atoms with Crippen LogP contribution in [0.1, 0.15) is 11.6 Å². The van der Waals surface area contributed by atoms with Crippen molar-refractivity contribution in [1.82, 2.24) is 19.7 Å². The molecule has 1 atom stereocenters. The van der Waals surface area contributed by atoms with Crippen molar-refractivity contribution in [3.63, 3.8) is 0 Å². The molecule has 3 N–H and O–H groups in total. The predicted molar refractivity (Wildman–Crippen MR) is 101 cm³/mol. The van der Waals surface area contributed by atoms with E-state index in [0.29, 0.717) is 27.5 Å². The molecule has 1 unspecified atom stereocenters. The molecular weight excluding hydrogens is 427 g/mol. The van der Waals surface area contributed by atoms with Crippen molar-refractivity contribution in [3.8, 4) is 0 Å². The van der Waals surface area contributed by atoms with Gasteiger partial charge in [-0.1, -0.05) is 27.5 Å². The molecule has 1 aromatic carbocycles. The number of benzene rings is 1. The number of aliphatic hydroxyl groups is 1. The zero-order valence-corrected chi connectivity index (χ0v) is 16.0. The number of aromatic nitrogens is 4. The third kappa shape index (κ3) is 4.48. The summed E-state index contributed by atoms with van der Waals surface area (Å²) < 4.78 is 15.9. The van der Waals surface area contributed by atoms with Crippen molar-refractivity contribution in [2.24, 2.45) is 7.05 Å². The van der Waals surface area contributed by atoms with Gasteiger partial charge in [0.2, 0.25) is 5.95 Å². The lowest BCUT2D eigenvalue weighted by Crippen LogP contribution is -2.17. The molecule has 3 aromatic rings. The number of nitrogens with one attached hydrogen (secondary N) is 2. The zero-order valence-electron chi connectivity index (χ0n) is 13.6. The molecule has 10 heteroatoms. The molecule has 0 saturated heterocycles. The van der Waals surface area contributed by atoms with Crippen molar-refractivity contribution in [3.05, 3.63) is 57.7 Å². The summed E-state index contributed by atoms with van der Waals surface area (Å²) in [6.45, 7) is -0.276. The van der Waals surface area contributed by atoms with Crippen molar-refractivity contribution in [1.29, 1.82) is 0 Å². The smallest absolute Gasteiger partial charge is 0.229 e. The fourth-order valence-electron chi connectivity index (χ4n) is 2.32. The third-order valence-corrected chi connectivity index (χ3v) is 4.22. The second-order valence-electron chi connectivity index (χ2n) is 5.50. The summed E-state index contributed by atoms with van der Waals surface area (Å²) in [4.78, 5) is 8.43. The molecular formula is C16H15BrClFN6O. The van der Waals surface area contributed by atoms with Gasteiger partial charge in [0.25, 0.3) is 0 Å². The first-order valence-corrected chi connectivity index (χ1v) is 8.73. The van der Waals surface area contributed by atoms with E-state index in [1.165, 1.54) is 18.3 Å². The van der Waals surface area contributed by atoms with Gasteiger partial charge in [0.1, 0.15) is 10.8 Å². The Kier molecular flexibility index (Phi) is 5.70. The van der Waals surface area contributed by atoms with Crippen molar-refractivity contribution >= 4 is 45.0 Å². The number of hydrogen-bond donors (Lipinski definition) is 3. The lowest BCUT2D eigenvalue weighted by molar-refractivity contribution is 0.276. The molecule has 2 aromatic heterocycles. The Morgan fingerprint density at radius 1 is 1.35 bits per heavy atom. The Morgan fingerprint density at radius 2 is 2.15 bits per heavy atom. The maximum Gasteiger partial charge on any atom is 0.229 e. The normalized spacial score (nSPS) is 12.0. The van der Waals surface area contributed by atoms with E-state index < -0.39 is 11.9 Å². The summed E-state index contributed by atoms with van der Waals surface area (Å²) in [5.41, 5.74) is 1.27. The first kappa shape index (κ1) is 18.6. The summed E-state index contributed by atoms with van der Waals surface area (Å²) in [6.07, 6.45) is 4.84. The van der Waals surface area contributed by atoms with Gasteiger partial charge in [-0.2, -0.15) is 10.1 Å². The highest BCUT2D eigenvalue weighted by Gasteiger charge is 2.16. The van der Waals surface area contributed by atoms with Crippen LogP contribution in [0.25, 0.3) is 0 Å². The molecule has 0 bridgehead atoms. The number of aryl methyl sites for hydroxylation is 1. The van der Waals surface area contributed by atoms with E-state index in [2.05, 4.69) is 41.6 Å². The van der Waals surface area contributed by atoms with Gasteiger partial charge < -0.3 is 15.7 Å². The van der Waals surface area contributed by atoms with Gasteiger partial charge in [-0.05, 0) is 23.8 Å². The average Bonchev–Trinajstić information content (AvgIpc) is 2.99. The highest BCUT2D eigenvalue weighted by molar-refractivity contribution is 9.10. The molecule has 7 nitrogen and oxygen atoms in total. The average molecular weight is 442 g/mol. The van der Waals surface area contributed by atoms with Crippen LogP contribution < -0.4 is 10.6 Å². The lowest BCUT2D eigenvalue weighted by Gasteiger charge is -2.19. The second-order valence-corrected chi connectivity index (χ2v) is 6.82. The van der Waals surface area contributed by atoms with Crippen LogP contribution in [-0.2, 0) is 7.05 Å². The van der Waals surface area contributed by atoms with Crippen LogP contribution in [0.3, 0.4) is 0 Å². The summed E-state index contributed by atoms with van der Waals surface area (Å²) >= 11 is 9.40. The van der Waals surface area contributed by atoms with E-state index in [1.54, 1.807) is 30.2 Å². The molecule has 0 aliphatic heterocycles. The Balaban J connectivity index is 1.84. The number of aliphatic hydroxyl groups excluding tert-OH is 1. The summed E-state index contributed by atoms with van der Waals surface area (Å²) in [6, 6.07) is 3.79. The van der Waals surface area contributed by atoms with E-state index in [-0.39, 0.29) is 11.6 Å². The maximum absolute atomic E-state index is 13.6. The molecule has 0 radical (unpaired) electrons.